The summed E-state index contributed by atoms with van der Waals surface area (Å²) >= 11 is 1.65. The van der Waals surface area contributed by atoms with Gasteiger partial charge in [0.1, 0.15) is 5.03 Å². The Bertz CT molecular complexity index is 413. The van der Waals surface area contributed by atoms with Crippen LogP contribution in [-0.2, 0) is 6.54 Å². The van der Waals surface area contributed by atoms with E-state index < -0.39 is 0 Å². The molecule has 0 unspecified atom stereocenters. The number of aromatic nitrogens is 4. The minimum atomic E-state index is 0.694. The molecule has 0 aliphatic heterocycles. The summed E-state index contributed by atoms with van der Waals surface area (Å²) in [7, 11) is 0. The van der Waals surface area contributed by atoms with Crippen molar-refractivity contribution in [1.82, 2.24) is 19.7 Å². The van der Waals surface area contributed by atoms with Crippen LogP contribution < -0.4 is 5.73 Å². The van der Waals surface area contributed by atoms with E-state index in [4.69, 9.17) is 5.73 Å². The van der Waals surface area contributed by atoms with Crippen molar-refractivity contribution in [3.05, 3.63) is 31.0 Å². The van der Waals surface area contributed by atoms with Crippen LogP contribution >= 0.6 is 11.8 Å². The average Bonchev–Trinajstić information content (AvgIpc) is 2.66. The van der Waals surface area contributed by atoms with Crippen molar-refractivity contribution >= 4 is 17.4 Å². The summed E-state index contributed by atoms with van der Waals surface area (Å²) in [5.41, 5.74) is 6.24. The van der Waals surface area contributed by atoms with Crippen molar-refractivity contribution in [3.63, 3.8) is 0 Å². The third-order valence-electron chi connectivity index (χ3n) is 1.76. The summed E-state index contributed by atoms with van der Waals surface area (Å²) < 4.78 is 1.82. The highest BCUT2D eigenvalue weighted by Gasteiger charge is 1.97. The van der Waals surface area contributed by atoms with Crippen LogP contribution in [0.2, 0.25) is 0 Å². The number of nitrogens with zero attached hydrogens (tertiary/aromatic N) is 4. The average molecular weight is 221 g/mol. The Morgan fingerprint density at radius 2 is 2.27 bits per heavy atom. The Morgan fingerprint density at radius 1 is 1.33 bits per heavy atom. The highest BCUT2D eigenvalue weighted by Crippen LogP contribution is 2.13. The van der Waals surface area contributed by atoms with Crippen molar-refractivity contribution in [2.45, 2.75) is 11.6 Å². The normalized spacial score (nSPS) is 10.4. The molecule has 0 spiro atoms. The van der Waals surface area contributed by atoms with E-state index in [0.29, 0.717) is 5.69 Å². The third-order valence-corrected chi connectivity index (χ3v) is 2.66. The third kappa shape index (κ3) is 2.95. The lowest BCUT2D eigenvalue weighted by Gasteiger charge is -2.00. The molecule has 0 amide bonds. The first-order valence-corrected chi connectivity index (χ1v) is 5.50. The SMILES string of the molecule is Nc1cnn(CCSc2cnccn2)c1. The Balaban J connectivity index is 1.80. The van der Waals surface area contributed by atoms with Crippen molar-refractivity contribution in [1.29, 1.82) is 0 Å². The minimum absolute atomic E-state index is 0.694. The van der Waals surface area contributed by atoms with Crippen LogP contribution in [0.15, 0.2) is 36.0 Å². The first-order chi connectivity index (χ1) is 7.34. The molecule has 2 aromatic heterocycles. The quantitative estimate of drug-likeness (QED) is 0.781. The maximum absolute atomic E-state index is 5.55. The highest BCUT2D eigenvalue weighted by molar-refractivity contribution is 7.99. The number of nitrogens with two attached hydrogens (primary N) is 1. The Morgan fingerprint density at radius 3 is 2.93 bits per heavy atom. The first kappa shape index (κ1) is 9.97. The summed E-state index contributed by atoms with van der Waals surface area (Å²) in [4.78, 5) is 8.15. The number of hydrogen-bond acceptors (Lipinski definition) is 5. The molecule has 2 aromatic rings. The predicted octanol–water partition coefficient (Wildman–Crippen LogP) is 1.05. The molecule has 2 rings (SSSR count). The van der Waals surface area contributed by atoms with Gasteiger partial charge in [-0.25, -0.2) is 4.98 Å². The lowest BCUT2D eigenvalue weighted by molar-refractivity contribution is 0.666. The largest absolute Gasteiger partial charge is 0.396 e. The molecule has 0 aliphatic carbocycles. The van der Waals surface area contributed by atoms with Gasteiger partial charge in [-0.2, -0.15) is 5.10 Å². The van der Waals surface area contributed by atoms with Crippen molar-refractivity contribution in [3.8, 4) is 0 Å². The molecule has 5 nitrogen and oxygen atoms in total. The van der Waals surface area contributed by atoms with Crippen molar-refractivity contribution in [2.24, 2.45) is 0 Å². The Hall–Kier alpha value is -1.56. The minimum Gasteiger partial charge on any atom is -0.396 e. The van der Waals surface area contributed by atoms with Crippen LogP contribution in [0, 0.1) is 0 Å². The highest BCUT2D eigenvalue weighted by atomic mass is 32.2. The summed E-state index contributed by atoms with van der Waals surface area (Å²) in [6.45, 7) is 0.818. The molecule has 6 heteroatoms. The maximum atomic E-state index is 5.55. The lowest BCUT2D eigenvalue weighted by atomic mass is 10.6. The van der Waals surface area contributed by atoms with E-state index >= 15 is 0 Å². The number of nitrogen functional groups attached to an aromatic ring is 1. The van der Waals surface area contributed by atoms with Gasteiger partial charge in [0.05, 0.1) is 24.6 Å². The molecule has 0 fully saturated rings. The zero-order valence-corrected chi connectivity index (χ0v) is 8.89. The fourth-order valence-electron chi connectivity index (χ4n) is 1.11. The van der Waals surface area contributed by atoms with Gasteiger partial charge in [0.2, 0.25) is 0 Å². The molecule has 0 aromatic carbocycles. The summed E-state index contributed by atoms with van der Waals surface area (Å²) in [5, 5.41) is 5.02. The fourth-order valence-corrected chi connectivity index (χ4v) is 1.86. The topological polar surface area (TPSA) is 69.6 Å². The molecule has 78 valence electrons. The molecule has 15 heavy (non-hydrogen) atoms. The maximum Gasteiger partial charge on any atom is 0.114 e. The predicted molar refractivity (Wildman–Crippen MR) is 59.4 cm³/mol. The fraction of sp³-hybridized carbons (Fsp3) is 0.222. The van der Waals surface area contributed by atoms with E-state index in [1.807, 2.05) is 10.9 Å². The van der Waals surface area contributed by atoms with E-state index in [1.165, 1.54) is 0 Å². The zero-order valence-electron chi connectivity index (χ0n) is 8.08. The lowest BCUT2D eigenvalue weighted by Crippen LogP contribution is -2.00. The molecule has 0 bridgehead atoms. The second kappa shape index (κ2) is 4.79. The number of hydrogen-bond donors (Lipinski definition) is 1. The van der Waals surface area contributed by atoms with Crippen LogP contribution in [-0.4, -0.2) is 25.5 Å². The van der Waals surface area contributed by atoms with E-state index in [9.17, 15) is 0 Å². The van der Waals surface area contributed by atoms with Gasteiger partial charge in [-0.15, -0.1) is 11.8 Å². The second-order valence-corrected chi connectivity index (χ2v) is 4.04. The van der Waals surface area contributed by atoms with Crippen LogP contribution in [0.25, 0.3) is 0 Å². The van der Waals surface area contributed by atoms with Crippen LogP contribution in [0.5, 0.6) is 0 Å². The molecular weight excluding hydrogens is 210 g/mol. The first-order valence-electron chi connectivity index (χ1n) is 4.51. The van der Waals surface area contributed by atoms with E-state index in [0.717, 1.165) is 17.3 Å². The van der Waals surface area contributed by atoms with Gasteiger partial charge in [0, 0.05) is 24.3 Å². The van der Waals surface area contributed by atoms with E-state index in [-0.39, 0.29) is 0 Å². The number of aryl methyl sites for hydroxylation is 1. The van der Waals surface area contributed by atoms with Gasteiger partial charge in [-0.3, -0.25) is 9.67 Å². The molecule has 2 heterocycles. The molecule has 0 saturated heterocycles. The summed E-state index contributed by atoms with van der Waals surface area (Å²) in [5.74, 6) is 0.903. The van der Waals surface area contributed by atoms with Crippen LogP contribution in [0.4, 0.5) is 5.69 Å². The number of anilines is 1. The summed E-state index contributed by atoms with van der Waals surface area (Å²) in [6, 6.07) is 0. The Labute approximate surface area is 91.7 Å². The molecule has 2 N–H and O–H groups in total. The van der Waals surface area contributed by atoms with Gasteiger partial charge in [-0.05, 0) is 0 Å². The zero-order chi connectivity index (χ0) is 10.5. The van der Waals surface area contributed by atoms with Crippen molar-refractivity contribution in [2.75, 3.05) is 11.5 Å². The van der Waals surface area contributed by atoms with Crippen LogP contribution in [0.3, 0.4) is 0 Å². The Kier molecular flexibility index (Phi) is 3.18. The smallest absolute Gasteiger partial charge is 0.114 e. The monoisotopic (exact) mass is 221 g/mol. The standard InChI is InChI=1S/C9H11N5S/c10-8-5-13-14(7-8)3-4-15-9-6-11-1-2-12-9/h1-2,5-7H,3-4,10H2. The van der Waals surface area contributed by atoms with E-state index in [2.05, 4.69) is 15.1 Å². The molecule has 0 radical (unpaired) electrons. The molecule has 0 aliphatic rings. The van der Waals surface area contributed by atoms with Gasteiger partial charge in [0.15, 0.2) is 0 Å². The van der Waals surface area contributed by atoms with Gasteiger partial charge in [0.25, 0.3) is 0 Å². The molecule has 0 saturated carbocycles. The molecule has 0 atom stereocenters. The van der Waals surface area contributed by atoms with Gasteiger partial charge in [-0.1, -0.05) is 0 Å². The van der Waals surface area contributed by atoms with Gasteiger partial charge >= 0.3 is 0 Å². The van der Waals surface area contributed by atoms with Crippen LogP contribution in [0.1, 0.15) is 0 Å². The van der Waals surface area contributed by atoms with Crippen molar-refractivity contribution < 1.29 is 0 Å². The van der Waals surface area contributed by atoms with E-state index in [1.54, 1.807) is 36.5 Å². The summed E-state index contributed by atoms with van der Waals surface area (Å²) in [6.07, 6.45) is 8.57. The number of rotatable bonds is 4. The number of thioether (sulfide) groups is 1. The second-order valence-electron chi connectivity index (χ2n) is 2.93. The van der Waals surface area contributed by atoms with Gasteiger partial charge < -0.3 is 5.73 Å². The molecular formula is C9H11N5S.